The molecule has 0 aliphatic carbocycles. The molecular weight excluding hydrogens is 270 g/mol. The van der Waals surface area contributed by atoms with Crippen molar-refractivity contribution in [2.24, 2.45) is 0 Å². The van der Waals surface area contributed by atoms with Crippen molar-refractivity contribution in [3.05, 3.63) is 35.5 Å². The molecule has 0 fully saturated rings. The SMILES string of the molecule is CC(=O)Nc1cn(CC(=O)Nc2cccc(C)c2C)nn1. The van der Waals surface area contributed by atoms with E-state index in [4.69, 9.17) is 0 Å². The number of carbonyl (C=O) groups excluding carboxylic acids is 2. The first-order valence-electron chi connectivity index (χ1n) is 6.49. The molecule has 0 bridgehead atoms. The Kier molecular flexibility index (Phi) is 4.32. The van der Waals surface area contributed by atoms with E-state index in [-0.39, 0.29) is 18.4 Å². The van der Waals surface area contributed by atoms with E-state index >= 15 is 0 Å². The zero-order chi connectivity index (χ0) is 15.4. The van der Waals surface area contributed by atoms with Crippen LogP contribution in [0.1, 0.15) is 18.1 Å². The van der Waals surface area contributed by atoms with Gasteiger partial charge >= 0.3 is 0 Å². The van der Waals surface area contributed by atoms with Crippen LogP contribution in [0, 0.1) is 13.8 Å². The summed E-state index contributed by atoms with van der Waals surface area (Å²) in [5, 5.41) is 12.9. The summed E-state index contributed by atoms with van der Waals surface area (Å²) in [6.45, 7) is 5.35. The molecule has 0 radical (unpaired) electrons. The summed E-state index contributed by atoms with van der Waals surface area (Å²) in [5.41, 5.74) is 2.92. The van der Waals surface area contributed by atoms with E-state index in [2.05, 4.69) is 20.9 Å². The van der Waals surface area contributed by atoms with Gasteiger partial charge in [0.15, 0.2) is 5.82 Å². The highest BCUT2D eigenvalue weighted by Crippen LogP contribution is 2.17. The fourth-order valence-corrected chi connectivity index (χ4v) is 1.84. The summed E-state index contributed by atoms with van der Waals surface area (Å²) in [6, 6.07) is 5.73. The number of carbonyl (C=O) groups is 2. The van der Waals surface area contributed by atoms with E-state index in [1.165, 1.54) is 17.8 Å². The number of benzene rings is 1. The van der Waals surface area contributed by atoms with Gasteiger partial charge in [0.2, 0.25) is 11.8 Å². The molecule has 1 heterocycles. The quantitative estimate of drug-likeness (QED) is 0.891. The lowest BCUT2D eigenvalue weighted by Crippen LogP contribution is -2.19. The molecule has 21 heavy (non-hydrogen) atoms. The van der Waals surface area contributed by atoms with E-state index in [1.807, 2.05) is 32.0 Å². The first-order chi connectivity index (χ1) is 9.95. The third-order valence-electron chi connectivity index (χ3n) is 3.03. The minimum Gasteiger partial charge on any atom is -0.324 e. The Bertz CT molecular complexity index is 678. The van der Waals surface area contributed by atoms with E-state index in [0.717, 1.165) is 16.8 Å². The Balaban J connectivity index is 2.00. The maximum Gasteiger partial charge on any atom is 0.246 e. The number of nitrogens with zero attached hydrogens (tertiary/aromatic N) is 3. The van der Waals surface area contributed by atoms with Crippen LogP contribution in [0.3, 0.4) is 0 Å². The fourth-order valence-electron chi connectivity index (χ4n) is 1.84. The highest BCUT2D eigenvalue weighted by atomic mass is 16.2. The van der Waals surface area contributed by atoms with E-state index < -0.39 is 0 Å². The topological polar surface area (TPSA) is 88.9 Å². The fraction of sp³-hybridized carbons (Fsp3) is 0.286. The van der Waals surface area contributed by atoms with Crippen molar-refractivity contribution in [1.82, 2.24) is 15.0 Å². The van der Waals surface area contributed by atoms with Crippen LogP contribution in [0.5, 0.6) is 0 Å². The van der Waals surface area contributed by atoms with Crippen LogP contribution in [0.25, 0.3) is 0 Å². The summed E-state index contributed by atoms with van der Waals surface area (Å²) >= 11 is 0. The number of hydrogen-bond donors (Lipinski definition) is 2. The number of rotatable bonds is 4. The van der Waals surface area contributed by atoms with Crippen molar-refractivity contribution in [2.75, 3.05) is 10.6 Å². The Morgan fingerprint density at radius 2 is 2.00 bits per heavy atom. The molecule has 2 aromatic rings. The Morgan fingerprint density at radius 1 is 1.24 bits per heavy atom. The number of amides is 2. The van der Waals surface area contributed by atoms with E-state index in [1.54, 1.807) is 0 Å². The molecule has 0 unspecified atom stereocenters. The molecule has 1 aromatic heterocycles. The van der Waals surface area contributed by atoms with Gasteiger partial charge in [0, 0.05) is 12.6 Å². The molecule has 2 amide bonds. The second-order valence-corrected chi connectivity index (χ2v) is 4.78. The van der Waals surface area contributed by atoms with Crippen LogP contribution < -0.4 is 10.6 Å². The molecule has 0 spiro atoms. The molecule has 0 saturated heterocycles. The Morgan fingerprint density at radius 3 is 2.71 bits per heavy atom. The predicted molar refractivity (Wildman–Crippen MR) is 78.9 cm³/mol. The van der Waals surface area contributed by atoms with Crippen molar-refractivity contribution < 1.29 is 9.59 Å². The van der Waals surface area contributed by atoms with Gasteiger partial charge in [-0.05, 0) is 31.0 Å². The second-order valence-electron chi connectivity index (χ2n) is 4.78. The average molecular weight is 287 g/mol. The largest absolute Gasteiger partial charge is 0.324 e. The van der Waals surface area contributed by atoms with E-state index in [9.17, 15) is 9.59 Å². The molecule has 1 aromatic carbocycles. The monoisotopic (exact) mass is 287 g/mol. The van der Waals surface area contributed by atoms with Crippen LogP contribution >= 0.6 is 0 Å². The Labute approximate surface area is 122 Å². The highest BCUT2D eigenvalue weighted by Gasteiger charge is 2.09. The van der Waals surface area contributed by atoms with Gasteiger partial charge in [-0.3, -0.25) is 9.59 Å². The third-order valence-corrected chi connectivity index (χ3v) is 3.03. The summed E-state index contributed by atoms with van der Waals surface area (Å²) in [5.74, 6) is -0.119. The van der Waals surface area contributed by atoms with Crippen LogP contribution in [0.2, 0.25) is 0 Å². The molecule has 7 heteroatoms. The van der Waals surface area contributed by atoms with Crippen molar-refractivity contribution in [3.8, 4) is 0 Å². The lowest BCUT2D eigenvalue weighted by Gasteiger charge is -2.10. The van der Waals surface area contributed by atoms with Crippen LogP contribution in [0.15, 0.2) is 24.4 Å². The van der Waals surface area contributed by atoms with Gasteiger partial charge in [0.05, 0.1) is 6.20 Å². The zero-order valence-electron chi connectivity index (χ0n) is 12.2. The molecule has 110 valence electrons. The lowest BCUT2D eigenvalue weighted by atomic mass is 10.1. The van der Waals surface area contributed by atoms with Crippen LogP contribution in [-0.2, 0) is 16.1 Å². The minimum atomic E-state index is -0.234. The van der Waals surface area contributed by atoms with Gasteiger partial charge in [-0.2, -0.15) is 0 Å². The number of aromatic nitrogens is 3. The highest BCUT2D eigenvalue weighted by molar-refractivity contribution is 5.91. The summed E-state index contributed by atoms with van der Waals surface area (Å²) in [6.07, 6.45) is 1.50. The smallest absolute Gasteiger partial charge is 0.246 e. The normalized spacial score (nSPS) is 10.2. The van der Waals surface area contributed by atoms with Crippen molar-refractivity contribution >= 4 is 23.3 Å². The molecule has 2 N–H and O–H groups in total. The van der Waals surface area contributed by atoms with Gasteiger partial charge < -0.3 is 10.6 Å². The third kappa shape index (κ3) is 3.88. The predicted octanol–water partition coefficient (Wildman–Crippen LogP) is 1.49. The van der Waals surface area contributed by atoms with Crippen molar-refractivity contribution in [2.45, 2.75) is 27.3 Å². The summed E-state index contributed by atoms with van der Waals surface area (Å²) in [4.78, 5) is 22.9. The number of anilines is 2. The summed E-state index contributed by atoms with van der Waals surface area (Å²) in [7, 11) is 0. The number of hydrogen-bond acceptors (Lipinski definition) is 4. The number of aryl methyl sites for hydroxylation is 1. The van der Waals surface area contributed by atoms with E-state index in [0.29, 0.717) is 5.82 Å². The zero-order valence-corrected chi connectivity index (χ0v) is 12.2. The van der Waals surface area contributed by atoms with Gasteiger partial charge in [-0.25, -0.2) is 4.68 Å². The lowest BCUT2D eigenvalue weighted by molar-refractivity contribution is -0.117. The second kappa shape index (κ2) is 6.17. The molecular formula is C14H17N5O2. The van der Waals surface area contributed by atoms with Crippen LogP contribution in [0.4, 0.5) is 11.5 Å². The van der Waals surface area contributed by atoms with Crippen molar-refractivity contribution in [3.63, 3.8) is 0 Å². The average Bonchev–Trinajstić information content (AvgIpc) is 2.81. The maximum atomic E-state index is 12.0. The minimum absolute atomic E-state index is 0.0277. The Hall–Kier alpha value is -2.70. The van der Waals surface area contributed by atoms with Gasteiger partial charge in [0.1, 0.15) is 6.54 Å². The summed E-state index contributed by atoms with van der Waals surface area (Å²) < 4.78 is 1.37. The first kappa shape index (κ1) is 14.7. The molecule has 7 nitrogen and oxygen atoms in total. The molecule has 0 saturated carbocycles. The van der Waals surface area contributed by atoms with Crippen molar-refractivity contribution in [1.29, 1.82) is 0 Å². The maximum absolute atomic E-state index is 12.0. The van der Waals surface area contributed by atoms with Crippen LogP contribution in [-0.4, -0.2) is 26.8 Å². The number of nitrogens with one attached hydrogen (secondary N) is 2. The van der Waals surface area contributed by atoms with Gasteiger partial charge in [0.25, 0.3) is 0 Å². The molecule has 2 rings (SSSR count). The molecule has 0 aliphatic heterocycles. The molecule has 0 atom stereocenters. The standard InChI is InChI=1S/C14H17N5O2/c1-9-5-4-6-12(10(9)2)16-14(21)8-19-7-13(17-18-19)15-11(3)20/h4-7H,8H2,1-3H3,(H,15,20)(H,16,21). The molecule has 0 aliphatic rings. The first-order valence-corrected chi connectivity index (χ1v) is 6.49. The van der Waals surface area contributed by atoms with Gasteiger partial charge in [-0.1, -0.05) is 17.3 Å². The van der Waals surface area contributed by atoms with Gasteiger partial charge in [-0.15, -0.1) is 5.10 Å².